The molecule has 0 fully saturated rings. The lowest BCUT2D eigenvalue weighted by Crippen LogP contribution is -2.37. The number of carbonyl (C=O) groups is 2. The normalized spacial score (nSPS) is 10.9. The lowest BCUT2D eigenvalue weighted by atomic mass is 10.3. The van der Waals surface area contributed by atoms with Gasteiger partial charge in [0.15, 0.2) is 22.9 Å². The number of hydrogen-bond acceptors (Lipinski definition) is 8. The van der Waals surface area contributed by atoms with Gasteiger partial charge in [0, 0.05) is 64.1 Å². The number of rotatable bonds is 9. The fourth-order valence-electron chi connectivity index (χ4n) is 2.98. The second kappa shape index (κ2) is 9.29. The monoisotopic (exact) mass is 438 g/mol. The predicted molar refractivity (Wildman–Crippen MR) is 110 cm³/mol. The molecule has 0 bridgehead atoms. The van der Waals surface area contributed by atoms with E-state index in [9.17, 15) is 9.59 Å². The first-order valence-electron chi connectivity index (χ1n) is 9.86. The third-order valence-corrected chi connectivity index (χ3v) is 4.77. The summed E-state index contributed by atoms with van der Waals surface area (Å²) < 4.78 is 13.8. The van der Waals surface area contributed by atoms with Crippen LogP contribution in [0.2, 0.25) is 0 Å². The van der Waals surface area contributed by atoms with Gasteiger partial charge in [-0.3, -0.25) is 19.0 Å². The SMILES string of the molecule is CN(CCN(C)C(=O)c1cc(Cn2cccn2)on1)C(=O)c1cc(Cn2cccn2)on1. The first kappa shape index (κ1) is 21.0. The molecule has 4 aromatic heterocycles. The Morgan fingerprint density at radius 3 is 1.62 bits per heavy atom. The molecule has 0 saturated heterocycles. The zero-order valence-electron chi connectivity index (χ0n) is 17.7. The minimum atomic E-state index is -0.302. The van der Waals surface area contributed by atoms with E-state index < -0.39 is 0 Å². The van der Waals surface area contributed by atoms with Crippen LogP contribution in [0.3, 0.4) is 0 Å². The standard InChI is InChI=1S/C20H22N8O4/c1-25(19(29)17-11-15(31-23-17)13-27-7-3-5-21-27)9-10-26(2)20(30)18-12-16(32-24-18)14-28-8-4-6-22-28/h3-8,11-12H,9-10,13-14H2,1-2H3. The van der Waals surface area contributed by atoms with Gasteiger partial charge in [-0.25, -0.2) is 0 Å². The van der Waals surface area contributed by atoms with Crippen molar-refractivity contribution >= 4 is 11.8 Å². The Hall–Kier alpha value is -4.22. The lowest BCUT2D eigenvalue weighted by molar-refractivity contribution is 0.0708. The second-order valence-corrected chi connectivity index (χ2v) is 7.22. The Balaban J connectivity index is 1.28. The van der Waals surface area contributed by atoms with Crippen LogP contribution in [0.5, 0.6) is 0 Å². The molecule has 4 rings (SSSR count). The Labute approximate surface area is 183 Å². The minimum absolute atomic E-state index is 0.198. The topological polar surface area (TPSA) is 128 Å². The van der Waals surface area contributed by atoms with Crippen molar-refractivity contribution in [2.45, 2.75) is 13.1 Å². The van der Waals surface area contributed by atoms with E-state index in [0.717, 1.165) is 0 Å². The molecule has 0 saturated carbocycles. The van der Waals surface area contributed by atoms with Crippen LogP contribution in [0.4, 0.5) is 0 Å². The average Bonchev–Trinajstić information content (AvgIpc) is 3.59. The van der Waals surface area contributed by atoms with Gasteiger partial charge in [-0.2, -0.15) is 10.2 Å². The van der Waals surface area contributed by atoms with E-state index in [-0.39, 0.29) is 23.2 Å². The third kappa shape index (κ3) is 4.91. The van der Waals surface area contributed by atoms with Crippen molar-refractivity contribution in [2.75, 3.05) is 27.2 Å². The highest BCUT2D eigenvalue weighted by molar-refractivity contribution is 5.93. The Bertz CT molecular complexity index is 1070. The summed E-state index contributed by atoms with van der Waals surface area (Å²) in [5, 5.41) is 15.9. The highest BCUT2D eigenvalue weighted by atomic mass is 16.5. The van der Waals surface area contributed by atoms with Gasteiger partial charge in [-0.05, 0) is 12.1 Å². The van der Waals surface area contributed by atoms with Gasteiger partial charge in [0.25, 0.3) is 11.8 Å². The molecule has 0 N–H and O–H groups in total. The quantitative estimate of drug-likeness (QED) is 0.378. The maximum Gasteiger partial charge on any atom is 0.275 e. The smallest absolute Gasteiger partial charge is 0.275 e. The van der Waals surface area contributed by atoms with Crippen molar-refractivity contribution < 1.29 is 18.6 Å². The highest BCUT2D eigenvalue weighted by Gasteiger charge is 2.20. The first-order chi connectivity index (χ1) is 15.5. The number of likely N-dealkylation sites (N-methyl/N-ethyl adjacent to an activating group) is 2. The van der Waals surface area contributed by atoms with Crippen LogP contribution in [-0.2, 0) is 13.1 Å². The minimum Gasteiger partial charge on any atom is -0.359 e. The largest absolute Gasteiger partial charge is 0.359 e. The number of hydrogen-bond donors (Lipinski definition) is 0. The maximum atomic E-state index is 12.6. The van der Waals surface area contributed by atoms with E-state index in [0.29, 0.717) is 37.7 Å². The van der Waals surface area contributed by atoms with Crippen LogP contribution in [0.1, 0.15) is 32.5 Å². The number of nitrogens with zero attached hydrogens (tertiary/aromatic N) is 8. The molecule has 0 radical (unpaired) electrons. The highest BCUT2D eigenvalue weighted by Crippen LogP contribution is 2.10. The second-order valence-electron chi connectivity index (χ2n) is 7.22. The fourth-order valence-corrected chi connectivity index (χ4v) is 2.98. The summed E-state index contributed by atoms with van der Waals surface area (Å²) in [6.45, 7) is 1.38. The summed E-state index contributed by atoms with van der Waals surface area (Å²) in [6, 6.07) is 6.78. The van der Waals surface area contributed by atoms with Gasteiger partial charge >= 0.3 is 0 Å². The van der Waals surface area contributed by atoms with Gasteiger partial charge in [-0.1, -0.05) is 10.3 Å². The lowest BCUT2D eigenvalue weighted by Gasteiger charge is -2.21. The van der Waals surface area contributed by atoms with Crippen molar-refractivity contribution in [3.63, 3.8) is 0 Å². The molecule has 0 aromatic carbocycles. The van der Waals surface area contributed by atoms with Crippen LogP contribution < -0.4 is 0 Å². The molecule has 12 heteroatoms. The Kier molecular flexibility index (Phi) is 6.10. The van der Waals surface area contributed by atoms with Crippen LogP contribution in [-0.4, -0.2) is 78.7 Å². The van der Waals surface area contributed by atoms with E-state index in [4.69, 9.17) is 9.05 Å². The molecule has 0 unspecified atom stereocenters. The van der Waals surface area contributed by atoms with E-state index in [1.165, 1.54) is 9.80 Å². The number of carbonyl (C=O) groups excluding carboxylic acids is 2. The summed E-state index contributed by atoms with van der Waals surface area (Å²) >= 11 is 0. The third-order valence-electron chi connectivity index (χ3n) is 4.77. The first-order valence-corrected chi connectivity index (χ1v) is 9.86. The van der Waals surface area contributed by atoms with Crippen LogP contribution >= 0.6 is 0 Å². The Morgan fingerprint density at radius 1 is 0.812 bits per heavy atom. The molecule has 12 nitrogen and oxygen atoms in total. The van der Waals surface area contributed by atoms with E-state index in [1.807, 2.05) is 0 Å². The maximum absolute atomic E-state index is 12.6. The van der Waals surface area contributed by atoms with Crippen molar-refractivity contribution in [1.82, 2.24) is 39.7 Å². The number of aromatic nitrogens is 6. The molecule has 166 valence electrons. The zero-order valence-corrected chi connectivity index (χ0v) is 17.7. The van der Waals surface area contributed by atoms with Crippen LogP contribution in [0.25, 0.3) is 0 Å². The molecular formula is C20H22N8O4. The van der Waals surface area contributed by atoms with Crippen molar-refractivity contribution in [3.8, 4) is 0 Å². The number of amides is 2. The van der Waals surface area contributed by atoms with Crippen molar-refractivity contribution in [3.05, 3.63) is 72.0 Å². The average molecular weight is 438 g/mol. The summed E-state index contributed by atoms with van der Waals surface area (Å²) in [7, 11) is 3.28. The summed E-state index contributed by atoms with van der Waals surface area (Å²) in [6.07, 6.45) is 6.90. The van der Waals surface area contributed by atoms with Gasteiger partial charge < -0.3 is 18.8 Å². The van der Waals surface area contributed by atoms with Gasteiger partial charge in [0.2, 0.25) is 0 Å². The molecule has 2 amide bonds. The summed E-state index contributed by atoms with van der Waals surface area (Å²) in [5.41, 5.74) is 0.395. The molecule has 0 aliphatic heterocycles. The zero-order chi connectivity index (χ0) is 22.5. The summed E-state index contributed by atoms with van der Waals surface area (Å²) in [5.74, 6) is 0.443. The van der Waals surface area contributed by atoms with E-state index in [1.54, 1.807) is 72.5 Å². The Morgan fingerprint density at radius 2 is 1.25 bits per heavy atom. The molecule has 0 aliphatic rings. The van der Waals surface area contributed by atoms with E-state index in [2.05, 4.69) is 20.5 Å². The molecular weight excluding hydrogens is 416 g/mol. The van der Waals surface area contributed by atoms with Gasteiger partial charge in [0.05, 0.1) is 0 Å². The molecule has 32 heavy (non-hydrogen) atoms. The van der Waals surface area contributed by atoms with E-state index >= 15 is 0 Å². The molecule has 0 aliphatic carbocycles. The van der Waals surface area contributed by atoms with Crippen LogP contribution in [0.15, 0.2) is 58.1 Å². The molecule has 4 aromatic rings. The molecule has 0 atom stereocenters. The van der Waals surface area contributed by atoms with Crippen LogP contribution in [0, 0.1) is 0 Å². The van der Waals surface area contributed by atoms with Crippen molar-refractivity contribution in [2.24, 2.45) is 0 Å². The predicted octanol–water partition coefficient (Wildman–Crippen LogP) is 0.996. The molecule has 4 heterocycles. The van der Waals surface area contributed by atoms with Gasteiger partial charge in [0.1, 0.15) is 13.1 Å². The van der Waals surface area contributed by atoms with Crippen molar-refractivity contribution in [1.29, 1.82) is 0 Å². The fraction of sp³-hybridized carbons (Fsp3) is 0.300. The molecule has 0 spiro atoms. The summed E-state index contributed by atoms with van der Waals surface area (Å²) in [4.78, 5) is 28.2. The van der Waals surface area contributed by atoms with Gasteiger partial charge in [-0.15, -0.1) is 0 Å².